The summed E-state index contributed by atoms with van der Waals surface area (Å²) in [5.41, 5.74) is 0.666. The number of hydrogen-bond acceptors (Lipinski definition) is 2. The van der Waals surface area contributed by atoms with E-state index >= 15 is 0 Å². The monoisotopic (exact) mass is 187 g/mol. The Kier molecular flexibility index (Phi) is 5.38. The molecule has 0 atom stereocenters. The first-order valence-electron chi connectivity index (χ1n) is 2.97. The maximum absolute atomic E-state index is 10.3. The van der Waals surface area contributed by atoms with E-state index in [2.05, 4.69) is 0 Å². The van der Waals surface area contributed by atoms with Gasteiger partial charge in [0.2, 0.25) is 0 Å². The van der Waals surface area contributed by atoms with Crippen molar-refractivity contribution in [3.8, 4) is 6.07 Å². The van der Waals surface area contributed by atoms with Gasteiger partial charge in [-0.1, -0.05) is 0 Å². The summed E-state index contributed by atoms with van der Waals surface area (Å²) >= 11 is 0. The number of benzene rings is 1. The zero-order valence-electron chi connectivity index (χ0n) is 5.61. The van der Waals surface area contributed by atoms with Crippen molar-refractivity contribution in [3.05, 3.63) is 35.4 Å². The molecule has 4 heteroatoms. The summed E-state index contributed by atoms with van der Waals surface area (Å²) in [6, 6.07) is 7.66. The van der Waals surface area contributed by atoms with E-state index in [-0.39, 0.29) is 56.9 Å². The molecular weight excluding hydrogens is 181 g/mol. The molecule has 0 saturated carbocycles. The Morgan fingerprint density at radius 2 is 1.83 bits per heavy atom. The van der Waals surface area contributed by atoms with Crippen LogP contribution in [0.3, 0.4) is 0 Å². The van der Waals surface area contributed by atoms with Crippen LogP contribution in [0.4, 0.5) is 0 Å². The summed E-state index contributed by atoms with van der Waals surface area (Å²) in [6.07, 6.45) is 0. The molecule has 0 unspecified atom stereocenters. The molecule has 56 valence electrons. The first-order valence-corrected chi connectivity index (χ1v) is 2.97. The molecule has 1 aromatic rings. The molecule has 0 aliphatic rings. The van der Waals surface area contributed by atoms with Crippen LogP contribution < -0.4 is 0 Å². The Morgan fingerprint density at radius 3 is 2.17 bits per heavy atom. The average Bonchev–Trinajstić information content (AvgIpc) is 2.05. The average molecular weight is 187 g/mol. The summed E-state index contributed by atoms with van der Waals surface area (Å²) in [6.45, 7) is 0. The van der Waals surface area contributed by atoms with Crippen LogP contribution >= 0.6 is 0 Å². The SMILES string of the molecule is N#Cc1ccc(C(=O)O)cc1.[KH]. The van der Waals surface area contributed by atoms with E-state index in [1.165, 1.54) is 24.3 Å². The van der Waals surface area contributed by atoms with Crippen molar-refractivity contribution in [3.63, 3.8) is 0 Å². The van der Waals surface area contributed by atoms with Crippen LogP contribution in [0.15, 0.2) is 24.3 Å². The number of carboxylic acid groups (broad SMARTS) is 1. The van der Waals surface area contributed by atoms with Gasteiger partial charge >= 0.3 is 57.4 Å². The van der Waals surface area contributed by atoms with Crippen LogP contribution in [0.2, 0.25) is 0 Å². The fraction of sp³-hybridized carbons (Fsp3) is 0. The molecule has 12 heavy (non-hydrogen) atoms. The van der Waals surface area contributed by atoms with Gasteiger partial charge in [-0.3, -0.25) is 0 Å². The fourth-order valence-electron chi connectivity index (χ4n) is 0.687. The number of nitriles is 1. The van der Waals surface area contributed by atoms with Crippen LogP contribution in [0.25, 0.3) is 0 Å². The molecule has 0 bridgehead atoms. The second-order valence-corrected chi connectivity index (χ2v) is 1.99. The van der Waals surface area contributed by atoms with E-state index in [1.807, 2.05) is 6.07 Å². The quantitative estimate of drug-likeness (QED) is 0.655. The maximum atomic E-state index is 10.3. The number of carboxylic acids is 1. The first kappa shape index (κ1) is 11.8. The van der Waals surface area contributed by atoms with Gasteiger partial charge in [-0.05, 0) is 24.3 Å². The Bertz CT molecular complexity index is 313. The predicted molar refractivity (Wildman–Crippen MR) is 45.3 cm³/mol. The molecule has 0 saturated heterocycles. The molecule has 3 nitrogen and oxygen atoms in total. The number of rotatable bonds is 1. The van der Waals surface area contributed by atoms with Crippen molar-refractivity contribution < 1.29 is 9.90 Å². The summed E-state index contributed by atoms with van der Waals surface area (Å²) in [5.74, 6) is -0.977. The van der Waals surface area contributed by atoms with Crippen molar-refractivity contribution in [1.29, 1.82) is 5.26 Å². The number of aromatic carboxylic acids is 1. The predicted octanol–water partition coefficient (Wildman–Crippen LogP) is 0.608. The minimum absolute atomic E-state index is 0. The van der Waals surface area contributed by atoms with E-state index in [0.29, 0.717) is 5.56 Å². The normalized spacial score (nSPS) is 7.92. The molecule has 0 aromatic heterocycles. The number of nitrogens with zero attached hydrogens (tertiary/aromatic N) is 1. The fourth-order valence-corrected chi connectivity index (χ4v) is 0.687. The van der Waals surface area contributed by atoms with Crippen LogP contribution in [-0.4, -0.2) is 62.5 Å². The summed E-state index contributed by atoms with van der Waals surface area (Å²) in [4.78, 5) is 10.3. The van der Waals surface area contributed by atoms with Gasteiger partial charge in [0.05, 0.1) is 17.2 Å². The van der Waals surface area contributed by atoms with Crippen molar-refractivity contribution in [2.75, 3.05) is 0 Å². The third kappa shape index (κ3) is 3.05. The van der Waals surface area contributed by atoms with E-state index in [9.17, 15) is 4.79 Å². The van der Waals surface area contributed by atoms with Gasteiger partial charge in [-0.25, -0.2) is 4.79 Å². The summed E-state index contributed by atoms with van der Waals surface area (Å²) in [7, 11) is 0. The molecule has 0 spiro atoms. The van der Waals surface area contributed by atoms with Crippen LogP contribution in [0.1, 0.15) is 15.9 Å². The van der Waals surface area contributed by atoms with E-state index in [0.717, 1.165) is 0 Å². The second-order valence-electron chi connectivity index (χ2n) is 1.99. The minimum atomic E-state index is -0.977. The van der Waals surface area contributed by atoms with Crippen molar-refractivity contribution in [1.82, 2.24) is 0 Å². The molecule has 0 aliphatic carbocycles. The summed E-state index contributed by atoms with van der Waals surface area (Å²) < 4.78 is 0. The molecule has 1 N–H and O–H groups in total. The van der Waals surface area contributed by atoms with Gasteiger partial charge in [-0.15, -0.1) is 0 Å². The van der Waals surface area contributed by atoms with Crippen molar-refractivity contribution in [2.45, 2.75) is 0 Å². The van der Waals surface area contributed by atoms with Gasteiger partial charge < -0.3 is 5.11 Å². The molecule has 0 fully saturated rings. The molecule has 0 aliphatic heterocycles. The molecule has 0 amide bonds. The Morgan fingerprint density at radius 1 is 1.33 bits per heavy atom. The molecule has 0 radical (unpaired) electrons. The third-order valence-corrected chi connectivity index (χ3v) is 1.26. The second kappa shape index (κ2) is 5.46. The van der Waals surface area contributed by atoms with Gasteiger partial charge in [0.15, 0.2) is 0 Å². The van der Waals surface area contributed by atoms with Crippen molar-refractivity contribution in [2.24, 2.45) is 0 Å². The van der Waals surface area contributed by atoms with E-state index < -0.39 is 5.97 Å². The number of carbonyl (C=O) groups is 1. The standard InChI is InChI=1S/C8H5NO2.K.H/c9-5-6-1-3-7(4-2-6)8(10)11;;/h1-4H,(H,10,11);;. The molecular formula is C8H6KNO2. The molecule has 0 heterocycles. The summed E-state index contributed by atoms with van der Waals surface area (Å²) in [5, 5.41) is 16.8. The zero-order valence-corrected chi connectivity index (χ0v) is 5.61. The molecule has 1 rings (SSSR count). The van der Waals surface area contributed by atoms with E-state index in [1.54, 1.807) is 0 Å². The Hall–Kier alpha value is -0.184. The Balaban J connectivity index is 0.00000121. The topological polar surface area (TPSA) is 61.1 Å². The van der Waals surface area contributed by atoms with Gasteiger partial charge in [-0.2, -0.15) is 5.26 Å². The third-order valence-electron chi connectivity index (χ3n) is 1.26. The zero-order chi connectivity index (χ0) is 8.27. The van der Waals surface area contributed by atoms with Crippen LogP contribution in [0.5, 0.6) is 0 Å². The molecule has 1 aromatic carbocycles. The van der Waals surface area contributed by atoms with Crippen LogP contribution in [-0.2, 0) is 0 Å². The van der Waals surface area contributed by atoms with E-state index in [4.69, 9.17) is 10.4 Å². The first-order chi connectivity index (χ1) is 5.24. The Labute approximate surface area is 112 Å². The number of hydrogen-bond donors (Lipinski definition) is 1. The van der Waals surface area contributed by atoms with Gasteiger partial charge in [0.1, 0.15) is 0 Å². The van der Waals surface area contributed by atoms with Gasteiger partial charge in [0.25, 0.3) is 0 Å². The van der Waals surface area contributed by atoms with Crippen LogP contribution in [0, 0.1) is 11.3 Å². The van der Waals surface area contributed by atoms with Gasteiger partial charge in [0, 0.05) is 0 Å². The van der Waals surface area contributed by atoms with Crippen molar-refractivity contribution >= 4 is 57.4 Å².